The van der Waals surface area contributed by atoms with Crippen LogP contribution in [0.2, 0.25) is 0 Å². The maximum absolute atomic E-state index is 11.6. The number of thiazole rings is 1. The molecule has 1 aliphatic carbocycles. The molecule has 0 spiro atoms. The number of aromatic nitrogens is 4. The highest BCUT2D eigenvalue weighted by Gasteiger charge is 2.30. The molecule has 0 saturated heterocycles. The van der Waals surface area contributed by atoms with Gasteiger partial charge in [-0.3, -0.25) is 9.78 Å². The van der Waals surface area contributed by atoms with Crippen molar-refractivity contribution in [2.24, 2.45) is 0 Å². The summed E-state index contributed by atoms with van der Waals surface area (Å²) in [6, 6.07) is 10.6. The van der Waals surface area contributed by atoms with Crippen LogP contribution in [-0.2, 0) is 17.6 Å². The number of benzene rings is 1. The smallest absolute Gasteiger partial charge is 0.223 e. The van der Waals surface area contributed by atoms with Gasteiger partial charge in [0, 0.05) is 30.4 Å². The lowest BCUT2D eigenvalue weighted by atomic mass is 9.89. The Hall–Kier alpha value is -3.26. The lowest BCUT2D eigenvalue weighted by Crippen LogP contribution is -2.16. The Morgan fingerprint density at radius 2 is 2.09 bits per heavy atom. The minimum Gasteiger partial charge on any atom is -0.302 e. The molecule has 1 N–H and O–H groups in total. The summed E-state index contributed by atoms with van der Waals surface area (Å²) in [4.78, 5) is 21.7. The van der Waals surface area contributed by atoms with Gasteiger partial charge in [-0.1, -0.05) is 42.8 Å². The number of pyridine rings is 1. The zero-order valence-electron chi connectivity index (χ0n) is 18.6. The Bertz CT molecular complexity index is 1330. The fraction of sp³-hybridized carbons (Fsp3) is 0.250. The van der Waals surface area contributed by atoms with E-state index in [-0.39, 0.29) is 5.91 Å². The first-order valence-electron chi connectivity index (χ1n) is 10.8. The van der Waals surface area contributed by atoms with E-state index in [1.54, 1.807) is 6.20 Å². The first-order chi connectivity index (χ1) is 15.4. The second-order valence-electron chi connectivity index (χ2n) is 8.51. The van der Waals surface area contributed by atoms with Gasteiger partial charge in [-0.05, 0) is 42.5 Å². The van der Waals surface area contributed by atoms with Gasteiger partial charge in [-0.25, -0.2) is 9.67 Å². The predicted molar refractivity (Wildman–Crippen MR) is 132 cm³/mol. The number of carbonyl (C=O) groups excluding carboxylic acids is 1. The van der Waals surface area contributed by atoms with Crippen LogP contribution in [-0.4, -0.2) is 33.5 Å². The molecule has 0 atom stereocenters. The van der Waals surface area contributed by atoms with Gasteiger partial charge in [-0.15, -0.1) is 0 Å². The van der Waals surface area contributed by atoms with Crippen molar-refractivity contribution in [2.45, 2.75) is 39.5 Å². The molecule has 0 radical (unpaired) electrons. The lowest BCUT2D eigenvalue weighted by molar-refractivity contribution is -0.114. The number of aryl methyl sites for hydroxylation is 1. The van der Waals surface area contributed by atoms with Crippen LogP contribution in [0.3, 0.4) is 0 Å². The van der Waals surface area contributed by atoms with Crippen molar-refractivity contribution < 1.29 is 4.79 Å². The maximum atomic E-state index is 11.6. The van der Waals surface area contributed by atoms with Gasteiger partial charge < -0.3 is 5.32 Å². The van der Waals surface area contributed by atoms with Gasteiger partial charge in [0.1, 0.15) is 7.85 Å². The van der Waals surface area contributed by atoms with Crippen LogP contribution in [0.5, 0.6) is 0 Å². The van der Waals surface area contributed by atoms with Crippen molar-refractivity contribution in [1.82, 2.24) is 19.7 Å². The third-order valence-electron chi connectivity index (χ3n) is 5.84. The highest BCUT2D eigenvalue weighted by Crippen LogP contribution is 2.43. The molecular weight excluding hydrogens is 417 g/mol. The third-order valence-corrected chi connectivity index (χ3v) is 6.86. The number of fused-ring (bicyclic) bond motifs is 3. The Balaban J connectivity index is 1.74. The summed E-state index contributed by atoms with van der Waals surface area (Å²) in [5.74, 6) is 0.356. The van der Waals surface area contributed by atoms with E-state index < -0.39 is 0 Å². The van der Waals surface area contributed by atoms with Crippen molar-refractivity contribution >= 4 is 35.7 Å². The summed E-state index contributed by atoms with van der Waals surface area (Å²) in [6.07, 6.45) is 5.32. The lowest BCUT2D eigenvalue weighted by Gasteiger charge is -2.16. The van der Waals surface area contributed by atoms with E-state index in [4.69, 9.17) is 10.1 Å². The first-order valence-corrected chi connectivity index (χ1v) is 11.6. The van der Waals surface area contributed by atoms with Crippen molar-refractivity contribution in [3.05, 3.63) is 59.5 Å². The van der Waals surface area contributed by atoms with E-state index in [0.717, 1.165) is 46.1 Å². The number of rotatable bonds is 4. The van der Waals surface area contributed by atoms with Crippen molar-refractivity contribution in [1.29, 1.82) is 0 Å². The standard InChI is InChI=1S/C24H24BN5OS/c1-13(2)15-6-9-20(18(25)11-15)30-22-17(21(29-30)16-5-4-10-26-12-16)7-8-19-23(22)32-24(28-19)27-14(3)31/h4-6,9-13H,7-8,25H2,1-3H3,(H,27,28,31). The van der Waals surface area contributed by atoms with Gasteiger partial charge in [0.15, 0.2) is 5.13 Å². The molecule has 0 saturated carbocycles. The van der Waals surface area contributed by atoms with E-state index in [2.05, 4.69) is 60.9 Å². The van der Waals surface area contributed by atoms with Crippen LogP contribution in [0.15, 0.2) is 42.7 Å². The van der Waals surface area contributed by atoms with Crippen molar-refractivity contribution in [3.8, 4) is 27.5 Å². The zero-order chi connectivity index (χ0) is 22.4. The second kappa shape index (κ2) is 8.02. The molecule has 0 bridgehead atoms. The number of carbonyl (C=O) groups is 1. The summed E-state index contributed by atoms with van der Waals surface area (Å²) < 4.78 is 2.06. The Labute approximate surface area is 192 Å². The minimum absolute atomic E-state index is 0.110. The van der Waals surface area contributed by atoms with Crippen LogP contribution in [0, 0.1) is 0 Å². The summed E-state index contributed by atoms with van der Waals surface area (Å²) in [5, 5.41) is 8.59. The largest absolute Gasteiger partial charge is 0.302 e. The number of anilines is 1. The van der Waals surface area contributed by atoms with Gasteiger partial charge in [0.05, 0.1) is 27.6 Å². The topological polar surface area (TPSA) is 72.7 Å². The summed E-state index contributed by atoms with van der Waals surface area (Å²) in [6.45, 7) is 5.92. The summed E-state index contributed by atoms with van der Waals surface area (Å²) in [5.41, 5.74) is 8.80. The molecular formula is C24H24BN5OS. The predicted octanol–water partition coefficient (Wildman–Crippen LogP) is 3.50. The molecule has 0 aliphatic heterocycles. The molecule has 6 nitrogen and oxygen atoms in total. The first kappa shape index (κ1) is 20.6. The molecule has 1 aliphatic rings. The SMILES string of the molecule is Bc1cc(C(C)C)ccc1-n1nc(-c2cccnc2)c2c1-c1sc(NC(C)=O)nc1CC2. The van der Waals surface area contributed by atoms with E-state index in [0.29, 0.717) is 11.0 Å². The molecule has 3 aromatic heterocycles. The molecule has 3 heterocycles. The minimum atomic E-state index is -0.110. The third kappa shape index (κ3) is 3.54. The Morgan fingerprint density at radius 3 is 2.78 bits per heavy atom. The quantitative estimate of drug-likeness (QED) is 0.492. The van der Waals surface area contributed by atoms with Crippen LogP contribution in [0.25, 0.3) is 27.5 Å². The number of nitrogens with one attached hydrogen (secondary N) is 1. The summed E-state index contributed by atoms with van der Waals surface area (Å²) in [7, 11) is 2.14. The average molecular weight is 441 g/mol. The van der Waals surface area contributed by atoms with Crippen molar-refractivity contribution in [3.63, 3.8) is 0 Å². The van der Waals surface area contributed by atoms with Crippen LogP contribution in [0.4, 0.5) is 5.13 Å². The van der Waals surface area contributed by atoms with E-state index in [9.17, 15) is 4.79 Å². The number of amides is 1. The zero-order valence-corrected chi connectivity index (χ0v) is 19.5. The Morgan fingerprint density at radius 1 is 1.25 bits per heavy atom. The fourth-order valence-corrected chi connectivity index (χ4v) is 5.37. The molecule has 8 heteroatoms. The molecule has 160 valence electrons. The number of hydrogen-bond acceptors (Lipinski definition) is 5. The van der Waals surface area contributed by atoms with E-state index >= 15 is 0 Å². The Kier molecular flexibility index (Phi) is 5.17. The maximum Gasteiger partial charge on any atom is 0.223 e. The van der Waals surface area contributed by atoms with Gasteiger partial charge in [-0.2, -0.15) is 5.10 Å². The molecule has 32 heavy (non-hydrogen) atoms. The van der Waals surface area contributed by atoms with Gasteiger partial charge >= 0.3 is 0 Å². The molecule has 0 unspecified atom stereocenters. The average Bonchev–Trinajstić information content (AvgIpc) is 3.34. The molecule has 1 amide bonds. The van der Waals surface area contributed by atoms with E-state index in [1.807, 2.05) is 12.3 Å². The fourth-order valence-electron chi connectivity index (χ4n) is 4.26. The van der Waals surface area contributed by atoms with Crippen LogP contribution < -0.4 is 10.8 Å². The molecule has 4 aromatic rings. The molecule has 5 rings (SSSR count). The van der Waals surface area contributed by atoms with Crippen molar-refractivity contribution in [2.75, 3.05) is 5.32 Å². The molecule has 0 fully saturated rings. The normalized spacial score (nSPS) is 12.5. The highest BCUT2D eigenvalue weighted by atomic mass is 32.1. The van der Waals surface area contributed by atoms with Crippen LogP contribution in [0.1, 0.15) is 43.5 Å². The molecule has 1 aromatic carbocycles. The van der Waals surface area contributed by atoms with Crippen LogP contribution >= 0.6 is 11.3 Å². The highest BCUT2D eigenvalue weighted by molar-refractivity contribution is 7.19. The number of nitrogens with zero attached hydrogens (tertiary/aromatic N) is 4. The number of hydrogen-bond donors (Lipinski definition) is 1. The van der Waals surface area contributed by atoms with Gasteiger partial charge in [0.2, 0.25) is 5.91 Å². The van der Waals surface area contributed by atoms with Gasteiger partial charge in [0.25, 0.3) is 0 Å². The second-order valence-corrected chi connectivity index (χ2v) is 9.50. The monoisotopic (exact) mass is 441 g/mol. The summed E-state index contributed by atoms with van der Waals surface area (Å²) >= 11 is 1.52. The van der Waals surface area contributed by atoms with E-state index in [1.165, 1.54) is 34.9 Å².